The molecule has 164 valence electrons. The zero-order valence-electron chi connectivity index (χ0n) is 17.8. The normalized spacial score (nSPS) is 21.7. The Morgan fingerprint density at radius 1 is 0.710 bits per heavy atom. The van der Waals surface area contributed by atoms with Crippen LogP contribution in [0.25, 0.3) is 0 Å². The van der Waals surface area contributed by atoms with Gasteiger partial charge in [0.2, 0.25) is 11.8 Å². The molecule has 2 atom stereocenters. The fourth-order valence-electron chi connectivity index (χ4n) is 4.20. The molecule has 2 aliphatic heterocycles. The van der Waals surface area contributed by atoms with Crippen LogP contribution in [0.1, 0.15) is 42.6 Å². The summed E-state index contributed by atoms with van der Waals surface area (Å²) in [5.74, 6) is 0.197. The quantitative estimate of drug-likeness (QED) is 0.716. The fraction of sp³-hybridized carbons (Fsp3) is 0.440. The van der Waals surface area contributed by atoms with E-state index in [0.29, 0.717) is 58.7 Å². The van der Waals surface area contributed by atoms with Crippen molar-refractivity contribution < 1.29 is 19.1 Å². The third-order valence-electron chi connectivity index (χ3n) is 5.96. The topological polar surface area (TPSA) is 59.1 Å². The number of carbonyl (C=O) groups excluding carboxylic acids is 2. The largest absolute Gasteiger partial charge is 0.370 e. The Kier molecular flexibility index (Phi) is 7.33. The molecule has 0 radical (unpaired) electrons. The van der Waals surface area contributed by atoms with Crippen molar-refractivity contribution in [2.75, 3.05) is 39.4 Å². The summed E-state index contributed by atoms with van der Waals surface area (Å²) >= 11 is 0. The van der Waals surface area contributed by atoms with Crippen LogP contribution in [0.15, 0.2) is 60.7 Å². The molecule has 0 bridgehead atoms. The van der Waals surface area contributed by atoms with E-state index in [0.717, 1.165) is 11.1 Å². The van der Waals surface area contributed by atoms with Gasteiger partial charge < -0.3 is 19.3 Å². The maximum atomic E-state index is 12.7. The number of carbonyl (C=O) groups is 2. The molecule has 2 fully saturated rings. The van der Waals surface area contributed by atoms with Crippen LogP contribution in [0.3, 0.4) is 0 Å². The molecule has 6 heteroatoms. The van der Waals surface area contributed by atoms with E-state index < -0.39 is 0 Å². The first-order valence-corrected chi connectivity index (χ1v) is 11.1. The van der Waals surface area contributed by atoms with Crippen molar-refractivity contribution in [2.24, 2.45) is 0 Å². The van der Waals surface area contributed by atoms with E-state index in [1.165, 1.54) is 0 Å². The van der Waals surface area contributed by atoms with E-state index in [2.05, 4.69) is 0 Å². The molecule has 0 saturated carbocycles. The molecule has 2 aromatic rings. The van der Waals surface area contributed by atoms with Gasteiger partial charge in [0.15, 0.2) is 0 Å². The highest BCUT2D eigenvalue weighted by molar-refractivity contribution is 5.79. The van der Waals surface area contributed by atoms with Gasteiger partial charge in [-0.25, -0.2) is 0 Å². The van der Waals surface area contributed by atoms with Gasteiger partial charge in [-0.1, -0.05) is 60.7 Å². The molecular weight excluding hydrogens is 392 g/mol. The van der Waals surface area contributed by atoms with Crippen LogP contribution in [0, 0.1) is 0 Å². The predicted molar refractivity (Wildman–Crippen MR) is 117 cm³/mol. The molecule has 0 N–H and O–H groups in total. The average molecular weight is 423 g/mol. The van der Waals surface area contributed by atoms with Crippen LogP contribution >= 0.6 is 0 Å². The second-order valence-electron chi connectivity index (χ2n) is 8.07. The van der Waals surface area contributed by atoms with Crippen molar-refractivity contribution in [3.8, 4) is 0 Å². The highest BCUT2D eigenvalue weighted by Crippen LogP contribution is 2.24. The van der Waals surface area contributed by atoms with Gasteiger partial charge in [0.25, 0.3) is 0 Å². The smallest absolute Gasteiger partial charge is 0.222 e. The number of ether oxygens (including phenoxy) is 2. The molecular formula is C25H30N2O4. The lowest BCUT2D eigenvalue weighted by molar-refractivity contribution is -0.140. The van der Waals surface area contributed by atoms with E-state index in [1.807, 2.05) is 70.5 Å². The molecule has 2 aromatic carbocycles. The van der Waals surface area contributed by atoms with Gasteiger partial charge in [0.1, 0.15) is 12.2 Å². The fourth-order valence-corrected chi connectivity index (χ4v) is 4.20. The van der Waals surface area contributed by atoms with Crippen molar-refractivity contribution in [3.63, 3.8) is 0 Å². The van der Waals surface area contributed by atoms with Crippen molar-refractivity contribution in [1.29, 1.82) is 0 Å². The second-order valence-corrected chi connectivity index (χ2v) is 8.07. The minimum absolute atomic E-state index is 0.0798. The Morgan fingerprint density at radius 3 is 1.55 bits per heavy atom. The summed E-state index contributed by atoms with van der Waals surface area (Å²) < 4.78 is 11.7. The zero-order chi connectivity index (χ0) is 21.5. The van der Waals surface area contributed by atoms with E-state index in [-0.39, 0.29) is 24.0 Å². The Labute approximate surface area is 183 Å². The van der Waals surface area contributed by atoms with Crippen molar-refractivity contribution in [3.05, 3.63) is 71.8 Å². The molecule has 0 spiro atoms. The van der Waals surface area contributed by atoms with Crippen LogP contribution in [0.2, 0.25) is 0 Å². The molecule has 31 heavy (non-hydrogen) atoms. The Balaban J connectivity index is 1.22. The first-order valence-electron chi connectivity index (χ1n) is 11.1. The number of nitrogens with zero attached hydrogens (tertiary/aromatic N) is 2. The van der Waals surface area contributed by atoms with Gasteiger partial charge >= 0.3 is 0 Å². The highest BCUT2D eigenvalue weighted by Gasteiger charge is 2.27. The molecule has 4 rings (SSSR count). The van der Waals surface area contributed by atoms with Crippen molar-refractivity contribution >= 4 is 11.8 Å². The summed E-state index contributed by atoms with van der Waals surface area (Å²) in [5.41, 5.74) is 2.19. The van der Waals surface area contributed by atoms with E-state index in [1.54, 1.807) is 0 Å². The molecule has 2 aliphatic rings. The van der Waals surface area contributed by atoms with Crippen molar-refractivity contribution in [1.82, 2.24) is 9.80 Å². The summed E-state index contributed by atoms with van der Waals surface area (Å²) in [7, 11) is 0. The maximum absolute atomic E-state index is 12.7. The average Bonchev–Trinajstić information content (AvgIpc) is 2.85. The van der Waals surface area contributed by atoms with Crippen LogP contribution in [0.5, 0.6) is 0 Å². The van der Waals surface area contributed by atoms with Crippen LogP contribution < -0.4 is 0 Å². The van der Waals surface area contributed by atoms with Crippen LogP contribution in [0.4, 0.5) is 0 Å². The third-order valence-corrected chi connectivity index (χ3v) is 5.96. The van der Waals surface area contributed by atoms with E-state index in [4.69, 9.17) is 9.47 Å². The minimum Gasteiger partial charge on any atom is -0.370 e. The molecule has 0 aliphatic carbocycles. The third kappa shape index (κ3) is 5.71. The molecule has 2 heterocycles. The van der Waals surface area contributed by atoms with Crippen LogP contribution in [-0.4, -0.2) is 61.0 Å². The standard InChI is InChI=1S/C25H30N2O4/c28-24(26-14-16-30-22(18-26)20-8-3-1-4-9-20)12-7-13-25(29)27-15-17-31-23(19-27)21-10-5-2-6-11-21/h1-6,8-11,22-23H,7,12-19H2/t22-,23-/m1/s1. The highest BCUT2D eigenvalue weighted by atomic mass is 16.5. The summed E-state index contributed by atoms with van der Waals surface area (Å²) in [6.45, 7) is 3.44. The maximum Gasteiger partial charge on any atom is 0.222 e. The lowest BCUT2D eigenvalue weighted by atomic mass is 10.1. The SMILES string of the molecule is O=C(CCCC(=O)N1CCO[C@@H](c2ccccc2)C1)N1CCO[C@@H](c2ccccc2)C1. The number of benzene rings is 2. The monoisotopic (exact) mass is 422 g/mol. The summed E-state index contributed by atoms with van der Waals surface area (Å²) in [6.07, 6.45) is 1.19. The van der Waals surface area contributed by atoms with Gasteiger partial charge in [0, 0.05) is 25.9 Å². The molecule has 2 saturated heterocycles. The lowest BCUT2D eigenvalue weighted by Gasteiger charge is -2.34. The Morgan fingerprint density at radius 2 is 1.13 bits per heavy atom. The van der Waals surface area contributed by atoms with E-state index in [9.17, 15) is 9.59 Å². The zero-order valence-corrected chi connectivity index (χ0v) is 17.8. The minimum atomic E-state index is -0.0798. The predicted octanol–water partition coefficient (Wildman–Crippen LogP) is 3.36. The Hall–Kier alpha value is -2.70. The molecule has 0 aromatic heterocycles. The summed E-state index contributed by atoms with van der Waals surface area (Å²) in [6, 6.07) is 20.0. The van der Waals surface area contributed by atoms with Gasteiger partial charge in [-0.2, -0.15) is 0 Å². The lowest BCUT2D eigenvalue weighted by Crippen LogP contribution is -2.43. The number of hydrogen-bond acceptors (Lipinski definition) is 4. The summed E-state index contributed by atoms with van der Waals surface area (Å²) in [4.78, 5) is 29.1. The Bertz CT molecular complexity index is 787. The van der Waals surface area contributed by atoms with E-state index >= 15 is 0 Å². The number of morpholine rings is 2. The number of rotatable bonds is 6. The van der Waals surface area contributed by atoms with Gasteiger partial charge in [0.05, 0.1) is 26.3 Å². The molecule has 0 unspecified atom stereocenters. The summed E-state index contributed by atoms with van der Waals surface area (Å²) in [5, 5.41) is 0. The number of amides is 2. The number of hydrogen-bond donors (Lipinski definition) is 0. The first-order chi connectivity index (χ1) is 15.2. The van der Waals surface area contributed by atoms with Gasteiger partial charge in [-0.15, -0.1) is 0 Å². The molecule has 2 amide bonds. The first kappa shape index (κ1) is 21.5. The molecule has 6 nitrogen and oxygen atoms in total. The second kappa shape index (κ2) is 10.6. The van der Waals surface area contributed by atoms with Gasteiger partial charge in [-0.3, -0.25) is 9.59 Å². The van der Waals surface area contributed by atoms with Gasteiger partial charge in [-0.05, 0) is 17.5 Å². The van der Waals surface area contributed by atoms with Crippen LogP contribution in [-0.2, 0) is 19.1 Å². The van der Waals surface area contributed by atoms with Crippen molar-refractivity contribution in [2.45, 2.75) is 31.5 Å².